The summed E-state index contributed by atoms with van der Waals surface area (Å²) in [6.07, 6.45) is 7.10. The first-order chi connectivity index (χ1) is 10.2. The van der Waals surface area contributed by atoms with E-state index in [-0.39, 0.29) is 12.3 Å². The number of nitrogens with zero attached hydrogens (tertiary/aromatic N) is 2. The lowest BCUT2D eigenvalue weighted by Gasteiger charge is -2.06. The molecular formula is C15H14ClN3OS. The summed E-state index contributed by atoms with van der Waals surface area (Å²) < 4.78 is 0. The summed E-state index contributed by atoms with van der Waals surface area (Å²) >= 11 is 7.55. The molecule has 0 aliphatic heterocycles. The lowest BCUT2D eigenvalue weighted by Crippen LogP contribution is -2.20. The van der Waals surface area contributed by atoms with Gasteiger partial charge in [-0.3, -0.25) is 9.78 Å². The Kier molecular flexibility index (Phi) is 5.78. The van der Waals surface area contributed by atoms with Crippen LogP contribution in [0.3, 0.4) is 0 Å². The van der Waals surface area contributed by atoms with E-state index in [9.17, 15) is 4.79 Å². The van der Waals surface area contributed by atoms with Gasteiger partial charge in [0, 0.05) is 27.9 Å². The van der Waals surface area contributed by atoms with Gasteiger partial charge in [-0.2, -0.15) is 5.10 Å². The number of aromatic nitrogens is 1. The van der Waals surface area contributed by atoms with Crippen LogP contribution in [-0.4, -0.2) is 23.4 Å². The highest BCUT2D eigenvalue weighted by atomic mass is 35.5. The first kappa shape index (κ1) is 15.5. The average molecular weight is 320 g/mol. The Balaban J connectivity index is 1.96. The van der Waals surface area contributed by atoms with Crippen molar-refractivity contribution in [2.45, 2.75) is 11.3 Å². The molecule has 2 rings (SSSR count). The Labute approximate surface area is 132 Å². The smallest absolute Gasteiger partial charge is 0.244 e. The molecule has 0 saturated carbocycles. The summed E-state index contributed by atoms with van der Waals surface area (Å²) in [5.41, 5.74) is 4.22. The summed E-state index contributed by atoms with van der Waals surface area (Å²) in [4.78, 5) is 16.9. The second kappa shape index (κ2) is 7.81. The molecular weight excluding hydrogens is 306 g/mol. The van der Waals surface area contributed by atoms with Gasteiger partial charge in [0.15, 0.2) is 0 Å². The first-order valence-corrected chi connectivity index (χ1v) is 7.83. The lowest BCUT2D eigenvalue weighted by molar-refractivity contribution is -0.120. The van der Waals surface area contributed by atoms with Crippen LogP contribution in [0.1, 0.15) is 11.1 Å². The molecule has 1 heterocycles. The molecule has 0 aliphatic carbocycles. The van der Waals surface area contributed by atoms with Gasteiger partial charge in [0.1, 0.15) is 0 Å². The van der Waals surface area contributed by atoms with Crippen LogP contribution in [0.4, 0.5) is 0 Å². The van der Waals surface area contributed by atoms with E-state index in [1.54, 1.807) is 42.5 Å². The standard InChI is InChI=1S/C15H14ClN3OS/c1-21-14-5-4-13(16)7-12(14)8-15(20)19-18-10-11-3-2-6-17-9-11/h2-7,9-10H,8H2,1H3,(H,19,20)/b18-10-. The van der Waals surface area contributed by atoms with Gasteiger partial charge in [0.05, 0.1) is 12.6 Å². The lowest BCUT2D eigenvalue weighted by atomic mass is 10.1. The molecule has 0 fully saturated rings. The minimum Gasteiger partial charge on any atom is -0.273 e. The molecule has 1 N–H and O–H groups in total. The number of benzene rings is 1. The normalized spacial score (nSPS) is 10.8. The van der Waals surface area contributed by atoms with Crippen LogP contribution in [0.25, 0.3) is 0 Å². The Morgan fingerprint density at radius 3 is 3.05 bits per heavy atom. The van der Waals surface area contributed by atoms with E-state index in [4.69, 9.17) is 11.6 Å². The third-order valence-corrected chi connectivity index (χ3v) is 3.75. The zero-order valence-electron chi connectivity index (χ0n) is 11.4. The van der Waals surface area contributed by atoms with Crippen molar-refractivity contribution < 1.29 is 4.79 Å². The largest absolute Gasteiger partial charge is 0.273 e. The average Bonchev–Trinajstić information content (AvgIpc) is 2.48. The number of nitrogens with one attached hydrogen (secondary N) is 1. The van der Waals surface area contributed by atoms with Crippen LogP contribution < -0.4 is 5.43 Å². The van der Waals surface area contributed by atoms with E-state index in [1.165, 1.54) is 0 Å². The minimum atomic E-state index is -0.187. The highest BCUT2D eigenvalue weighted by Crippen LogP contribution is 2.24. The van der Waals surface area contributed by atoms with E-state index >= 15 is 0 Å². The van der Waals surface area contributed by atoms with Crippen molar-refractivity contribution in [2.75, 3.05) is 6.26 Å². The minimum absolute atomic E-state index is 0.187. The van der Waals surface area contributed by atoms with E-state index in [0.29, 0.717) is 5.02 Å². The highest BCUT2D eigenvalue weighted by Gasteiger charge is 2.07. The van der Waals surface area contributed by atoms with Gasteiger partial charge >= 0.3 is 0 Å². The molecule has 1 aromatic heterocycles. The first-order valence-electron chi connectivity index (χ1n) is 6.23. The molecule has 0 saturated heterocycles. The van der Waals surface area contributed by atoms with E-state index in [2.05, 4.69) is 15.5 Å². The Morgan fingerprint density at radius 2 is 2.33 bits per heavy atom. The van der Waals surface area contributed by atoms with Crippen molar-refractivity contribution in [2.24, 2.45) is 5.10 Å². The Hall–Kier alpha value is -1.85. The maximum Gasteiger partial charge on any atom is 0.244 e. The molecule has 6 heteroatoms. The van der Waals surface area contributed by atoms with Crippen LogP contribution in [0.15, 0.2) is 52.7 Å². The number of carbonyl (C=O) groups excluding carboxylic acids is 1. The topological polar surface area (TPSA) is 54.4 Å². The number of hydrogen-bond donors (Lipinski definition) is 1. The summed E-state index contributed by atoms with van der Waals surface area (Å²) in [5.74, 6) is -0.187. The second-order valence-electron chi connectivity index (χ2n) is 4.21. The van der Waals surface area contributed by atoms with Gasteiger partial charge in [0.25, 0.3) is 0 Å². The van der Waals surface area contributed by atoms with Crippen LogP contribution in [-0.2, 0) is 11.2 Å². The Morgan fingerprint density at radius 1 is 1.48 bits per heavy atom. The van der Waals surface area contributed by atoms with Gasteiger partial charge in [-0.1, -0.05) is 17.7 Å². The van der Waals surface area contributed by atoms with Crippen molar-refractivity contribution in [1.29, 1.82) is 0 Å². The van der Waals surface area contributed by atoms with Gasteiger partial charge in [-0.05, 0) is 36.1 Å². The fourth-order valence-electron chi connectivity index (χ4n) is 1.73. The fourth-order valence-corrected chi connectivity index (χ4v) is 2.52. The quantitative estimate of drug-likeness (QED) is 0.523. The molecule has 1 amide bonds. The maximum absolute atomic E-state index is 11.9. The van der Waals surface area contributed by atoms with E-state index in [0.717, 1.165) is 16.0 Å². The third kappa shape index (κ3) is 4.88. The predicted octanol–water partition coefficient (Wildman–Crippen LogP) is 3.15. The molecule has 0 atom stereocenters. The van der Waals surface area contributed by atoms with Gasteiger partial charge in [-0.25, -0.2) is 5.43 Å². The van der Waals surface area contributed by atoms with E-state index < -0.39 is 0 Å². The number of rotatable bonds is 5. The molecule has 0 bridgehead atoms. The number of pyridine rings is 1. The third-order valence-electron chi connectivity index (χ3n) is 2.68. The summed E-state index contributed by atoms with van der Waals surface area (Å²) in [6.45, 7) is 0. The van der Waals surface area contributed by atoms with Crippen molar-refractivity contribution in [3.05, 3.63) is 58.9 Å². The van der Waals surface area contributed by atoms with Crippen LogP contribution >= 0.6 is 23.4 Å². The summed E-state index contributed by atoms with van der Waals surface area (Å²) in [6, 6.07) is 9.19. The van der Waals surface area contributed by atoms with Gasteiger partial charge in [-0.15, -0.1) is 11.8 Å². The molecule has 0 spiro atoms. The van der Waals surface area contributed by atoms with Crippen molar-refractivity contribution >= 4 is 35.5 Å². The second-order valence-corrected chi connectivity index (χ2v) is 5.50. The summed E-state index contributed by atoms with van der Waals surface area (Å²) in [7, 11) is 0. The number of thioether (sulfide) groups is 1. The molecule has 108 valence electrons. The molecule has 0 unspecified atom stereocenters. The van der Waals surface area contributed by atoms with Crippen LogP contribution in [0.5, 0.6) is 0 Å². The van der Waals surface area contributed by atoms with Crippen LogP contribution in [0.2, 0.25) is 5.02 Å². The number of hydrogen-bond acceptors (Lipinski definition) is 4. The highest BCUT2D eigenvalue weighted by molar-refractivity contribution is 7.98. The number of carbonyl (C=O) groups is 1. The number of hydrazone groups is 1. The van der Waals surface area contributed by atoms with Gasteiger partial charge < -0.3 is 0 Å². The number of halogens is 1. The monoisotopic (exact) mass is 319 g/mol. The van der Waals surface area contributed by atoms with E-state index in [1.807, 2.05) is 24.5 Å². The molecule has 0 aliphatic rings. The fraction of sp³-hybridized carbons (Fsp3) is 0.133. The number of amides is 1. The maximum atomic E-state index is 11.9. The van der Waals surface area contributed by atoms with Crippen molar-refractivity contribution in [3.63, 3.8) is 0 Å². The Bertz CT molecular complexity index is 647. The molecule has 0 radical (unpaired) electrons. The van der Waals surface area contributed by atoms with Crippen molar-refractivity contribution in [1.82, 2.24) is 10.4 Å². The predicted molar refractivity (Wildman–Crippen MR) is 86.9 cm³/mol. The zero-order chi connectivity index (χ0) is 15.1. The van der Waals surface area contributed by atoms with Gasteiger partial charge in [0.2, 0.25) is 5.91 Å². The molecule has 21 heavy (non-hydrogen) atoms. The van der Waals surface area contributed by atoms with Crippen LogP contribution in [0, 0.1) is 0 Å². The molecule has 2 aromatic rings. The zero-order valence-corrected chi connectivity index (χ0v) is 13.0. The SMILES string of the molecule is CSc1ccc(Cl)cc1CC(=O)N/N=C\c1cccnc1. The van der Waals surface area contributed by atoms with Crippen molar-refractivity contribution in [3.8, 4) is 0 Å². The molecule has 1 aromatic carbocycles. The molecule has 4 nitrogen and oxygen atoms in total. The summed E-state index contributed by atoms with van der Waals surface area (Å²) in [5, 5.41) is 4.53.